The summed E-state index contributed by atoms with van der Waals surface area (Å²) in [7, 11) is 0. The molecule has 1 saturated carbocycles. The van der Waals surface area contributed by atoms with Crippen LogP contribution in [-0.2, 0) is 9.59 Å². The zero-order valence-corrected chi connectivity index (χ0v) is 18.8. The van der Waals surface area contributed by atoms with Crippen LogP contribution >= 0.6 is 35.0 Å². The maximum Gasteiger partial charge on any atom is 0.242 e. The molecule has 0 aliphatic heterocycles. The Morgan fingerprint density at radius 2 is 1.52 bits per heavy atom. The molecular formula is C24H20Cl2N2O2S. The molecule has 0 saturated heterocycles. The monoisotopic (exact) mass is 470 g/mol. The molecule has 0 bridgehead atoms. The van der Waals surface area contributed by atoms with Crippen molar-refractivity contribution in [1.29, 1.82) is 0 Å². The van der Waals surface area contributed by atoms with Gasteiger partial charge in [0.2, 0.25) is 11.8 Å². The standard InChI is InChI=1S/C24H20Cl2N2O2S/c25-20-13-10-18(14-21(20)26)28-24(30)22(15-4-2-1-3-5-15)31-19-11-8-17(9-12-19)27-23(29)16-6-7-16/h1-5,8-14,16,22H,6-7H2,(H,27,29)(H,28,30). The number of amides is 2. The smallest absolute Gasteiger partial charge is 0.242 e. The van der Waals surface area contributed by atoms with E-state index < -0.39 is 5.25 Å². The molecule has 2 amide bonds. The highest BCUT2D eigenvalue weighted by Gasteiger charge is 2.29. The van der Waals surface area contributed by atoms with E-state index >= 15 is 0 Å². The van der Waals surface area contributed by atoms with Gasteiger partial charge in [-0.05, 0) is 60.9 Å². The topological polar surface area (TPSA) is 58.2 Å². The third-order valence-corrected chi connectivity index (χ3v) is 6.86. The molecule has 1 unspecified atom stereocenters. The molecule has 4 nitrogen and oxygen atoms in total. The Balaban J connectivity index is 1.50. The van der Waals surface area contributed by atoms with Crippen LogP contribution in [0.1, 0.15) is 23.7 Å². The fraction of sp³-hybridized carbons (Fsp3) is 0.167. The van der Waals surface area contributed by atoms with E-state index in [1.54, 1.807) is 18.2 Å². The average Bonchev–Trinajstić information content (AvgIpc) is 3.62. The molecule has 1 aliphatic rings. The van der Waals surface area contributed by atoms with Crippen molar-refractivity contribution in [2.45, 2.75) is 23.0 Å². The first-order valence-corrected chi connectivity index (χ1v) is 11.5. The van der Waals surface area contributed by atoms with E-state index in [-0.39, 0.29) is 17.7 Å². The molecule has 3 aromatic carbocycles. The Bertz CT molecular complexity index is 1090. The molecule has 2 N–H and O–H groups in total. The fourth-order valence-corrected chi connectivity index (χ4v) is 4.35. The van der Waals surface area contributed by atoms with Gasteiger partial charge < -0.3 is 10.6 Å². The third-order valence-electron chi connectivity index (χ3n) is 4.85. The Kier molecular flexibility index (Phi) is 6.86. The lowest BCUT2D eigenvalue weighted by molar-refractivity contribution is -0.117. The van der Waals surface area contributed by atoms with Crippen molar-refractivity contribution in [3.05, 3.63) is 88.4 Å². The molecule has 31 heavy (non-hydrogen) atoms. The number of carbonyl (C=O) groups is 2. The van der Waals surface area contributed by atoms with Gasteiger partial charge in [0, 0.05) is 22.2 Å². The number of carbonyl (C=O) groups excluding carboxylic acids is 2. The Morgan fingerprint density at radius 1 is 0.839 bits per heavy atom. The Labute approximate surface area is 195 Å². The minimum absolute atomic E-state index is 0.0727. The molecule has 1 atom stereocenters. The number of hydrogen-bond donors (Lipinski definition) is 2. The quantitative estimate of drug-likeness (QED) is 0.372. The minimum Gasteiger partial charge on any atom is -0.326 e. The van der Waals surface area contributed by atoms with E-state index in [0.717, 1.165) is 29.0 Å². The summed E-state index contributed by atoms with van der Waals surface area (Å²) >= 11 is 13.5. The van der Waals surface area contributed by atoms with Crippen LogP contribution in [0.3, 0.4) is 0 Å². The summed E-state index contributed by atoms with van der Waals surface area (Å²) in [5.74, 6) is 0.0610. The first-order chi connectivity index (χ1) is 15.0. The van der Waals surface area contributed by atoms with E-state index in [4.69, 9.17) is 23.2 Å². The van der Waals surface area contributed by atoms with E-state index in [2.05, 4.69) is 10.6 Å². The number of hydrogen-bond acceptors (Lipinski definition) is 3. The number of anilines is 2. The van der Waals surface area contributed by atoms with Gasteiger partial charge in [-0.1, -0.05) is 53.5 Å². The maximum atomic E-state index is 13.1. The van der Waals surface area contributed by atoms with Crippen molar-refractivity contribution < 1.29 is 9.59 Å². The highest BCUT2D eigenvalue weighted by Crippen LogP contribution is 2.37. The van der Waals surface area contributed by atoms with Crippen molar-refractivity contribution in [1.82, 2.24) is 0 Å². The van der Waals surface area contributed by atoms with Gasteiger partial charge in [-0.15, -0.1) is 11.8 Å². The summed E-state index contributed by atoms with van der Waals surface area (Å²) < 4.78 is 0. The number of nitrogens with one attached hydrogen (secondary N) is 2. The van der Waals surface area contributed by atoms with E-state index in [1.165, 1.54) is 11.8 Å². The molecule has 0 spiro atoms. The van der Waals surface area contributed by atoms with E-state index in [9.17, 15) is 9.59 Å². The third kappa shape index (κ3) is 5.82. The van der Waals surface area contributed by atoms with Crippen LogP contribution in [0.15, 0.2) is 77.7 Å². The van der Waals surface area contributed by atoms with Gasteiger partial charge in [0.05, 0.1) is 10.0 Å². The van der Waals surface area contributed by atoms with Gasteiger partial charge in [0.1, 0.15) is 5.25 Å². The number of benzene rings is 3. The van der Waals surface area contributed by atoms with Crippen LogP contribution in [0.5, 0.6) is 0 Å². The van der Waals surface area contributed by atoms with Crippen LogP contribution in [0.25, 0.3) is 0 Å². The normalized spacial score (nSPS) is 14.0. The molecule has 1 aliphatic carbocycles. The summed E-state index contributed by atoms with van der Waals surface area (Å²) in [6, 6.07) is 22.1. The highest BCUT2D eigenvalue weighted by atomic mass is 35.5. The van der Waals surface area contributed by atoms with Gasteiger partial charge >= 0.3 is 0 Å². The summed E-state index contributed by atoms with van der Waals surface area (Å²) in [4.78, 5) is 26.0. The highest BCUT2D eigenvalue weighted by molar-refractivity contribution is 8.00. The van der Waals surface area contributed by atoms with Gasteiger partial charge in [-0.25, -0.2) is 0 Å². The summed E-state index contributed by atoms with van der Waals surface area (Å²) in [5, 5.41) is 6.20. The zero-order chi connectivity index (χ0) is 21.8. The van der Waals surface area contributed by atoms with Crippen LogP contribution in [0, 0.1) is 5.92 Å². The molecule has 3 aromatic rings. The lowest BCUT2D eigenvalue weighted by atomic mass is 10.1. The molecule has 7 heteroatoms. The maximum absolute atomic E-state index is 13.1. The second-order valence-corrected chi connectivity index (χ2v) is 9.31. The molecule has 0 aromatic heterocycles. The zero-order valence-electron chi connectivity index (χ0n) is 16.5. The van der Waals surface area contributed by atoms with Gasteiger partial charge in [0.25, 0.3) is 0 Å². The molecule has 0 radical (unpaired) electrons. The first-order valence-electron chi connectivity index (χ1n) is 9.88. The van der Waals surface area contributed by atoms with Gasteiger partial charge in [0.15, 0.2) is 0 Å². The van der Waals surface area contributed by atoms with Crippen molar-refractivity contribution in [3.63, 3.8) is 0 Å². The Morgan fingerprint density at radius 3 is 2.16 bits per heavy atom. The van der Waals surface area contributed by atoms with Crippen LogP contribution < -0.4 is 10.6 Å². The average molecular weight is 471 g/mol. The van der Waals surface area contributed by atoms with Gasteiger partial charge in [-0.2, -0.15) is 0 Å². The summed E-state index contributed by atoms with van der Waals surface area (Å²) in [5.41, 5.74) is 2.23. The van der Waals surface area contributed by atoms with Crippen molar-refractivity contribution in [2.75, 3.05) is 10.6 Å². The number of halogens is 2. The number of rotatable bonds is 7. The Hall–Kier alpha value is -2.47. The predicted octanol–water partition coefficient (Wildman–Crippen LogP) is 6.81. The second kappa shape index (κ2) is 9.77. The summed E-state index contributed by atoms with van der Waals surface area (Å²) in [6.07, 6.45) is 1.93. The van der Waals surface area contributed by atoms with E-state index in [1.807, 2.05) is 54.6 Å². The second-order valence-electron chi connectivity index (χ2n) is 7.31. The molecule has 4 rings (SSSR count). The fourth-order valence-electron chi connectivity index (χ4n) is 3.03. The first kappa shape index (κ1) is 21.8. The van der Waals surface area contributed by atoms with Gasteiger partial charge in [-0.3, -0.25) is 9.59 Å². The summed E-state index contributed by atoms with van der Waals surface area (Å²) in [6.45, 7) is 0. The largest absolute Gasteiger partial charge is 0.326 e. The molecule has 0 heterocycles. The van der Waals surface area contributed by atoms with Crippen LogP contribution in [-0.4, -0.2) is 11.8 Å². The molecular weight excluding hydrogens is 451 g/mol. The van der Waals surface area contributed by atoms with Crippen molar-refractivity contribution in [2.24, 2.45) is 5.92 Å². The van der Waals surface area contributed by atoms with Crippen LogP contribution in [0.2, 0.25) is 10.0 Å². The lowest BCUT2D eigenvalue weighted by Gasteiger charge is -2.17. The minimum atomic E-state index is -0.470. The molecule has 158 valence electrons. The number of thioether (sulfide) groups is 1. The lowest BCUT2D eigenvalue weighted by Crippen LogP contribution is -2.19. The van der Waals surface area contributed by atoms with Crippen LogP contribution in [0.4, 0.5) is 11.4 Å². The molecule has 1 fully saturated rings. The van der Waals surface area contributed by atoms with Crippen molar-refractivity contribution in [3.8, 4) is 0 Å². The van der Waals surface area contributed by atoms with E-state index in [0.29, 0.717) is 15.7 Å². The van der Waals surface area contributed by atoms with Crippen molar-refractivity contribution >= 4 is 58.2 Å². The SMILES string of the molecule is O=C(Nc1ccc(SC(C(=O)Nc2ccc(Cl)c(Cl)c2)c2ccccc2)cc1)C1CC1. The predicted molar refractivity (Wildman–Crippen MR) is 128 cm³/mol.